The Balaban J connectivity index is 1.50. The van der Waals surface area contributed by atoms with Crippen molar-refractivity contribution in [3.8, 4) is 17.2 Å². The van der Waals surface area contributed by atoms with Gasteiger partial charge in [0.05, 0.1) is 36.8 Å². The first-order chi connectivity index (χ1) is 18.4. The van der Waals surface area contributed by atoms with Crippen LogP contribution in [0.25, 0.3) is 0 Å². The molecule has 0 saturated heterocycles. The van der Waals surface area contributed by atoms with Gasteiger partial charge in [-0.05, 0) is 30.3 Å². The smallest absolute Gasteiger partial charge is 0.291 e. The molecule has 0 fully saturated rings. The summed E-state index contributed by atoms with van der Waals surface area (Å²) in [4.78, 5) is 23.6. The summed E-state index contributed by atoms with van der Waals surface area (Å²) < 4.78 is 16.8. The van der Waals surface area contributed by atoms with Crippen molar-refractivity contribution >= 4 is 98.5 Å². The minimum atomic E-state index is -0.703. The average Bonchev–Trinajstić information content (AvgIpc) is 3.37. The number of carbonyl (C=O) groups is 1. The van der Waals surface area contributed by atoms with E-state index >= 15 is 0 Å². The van der Waals surface area contributed by atoms with Crippen molar-refractivity contribution in [2.45, 2.75) is 6.61 Å². The molecule has 1 aromatic heterocycles. The molecule has 1 N–H and O–H groups in total. The molecule has 15 heteroatoms. The molecule has 0 saturated carbocycles. The van der Waals surface area contributed by atoms with Crippen molar-refractivity contribution in [1.82, 2.24) is 0 Å². The standard InChI is InChI=1S/C24H11Cl7N2O6/c25-10-1-3-16(15(26)5-10)39-14-7-11(6-12(8-14)33(35)36)32-24(34)17-4-2-13(38-17)9-37-23-21(30)19(28)18(27)20(29)22(23)31/h1-8H,9H2,(H,32,34). The lowest BCUT2D eigenvalue weighted by Crippen LogP contribution is -2.11. The fourth-order valence-electron chi connectivity index (χ4n) is 3.13. The third kappa shape index (κ3) is 6.78. The maximum Gasteiger partial charge on any atom is 0.291 e. The predicted molar refractivity (Wildman–Crippen MR) is 152 cm³/mol. The van der Waals surface area contributed by atoms with Gasteiger partial charge in [-0.15, -0.1) is 0 Å². The largest absolute Gasteiger partial charge is 0.482 e. The number of benzene rings is 3. The van der Waals surface area contributed by atoms with Crippen LogP contribution in [0.5, 0.6) is 17.2 Å². The molecular formula is C24H11Cl7N2O6. The van der Waals surface area contributed by atoms with E-state index in [1.54, 1.807) is 6.07 Å². The minimum absolute atomic E-state index is 0.0231. The van der Waals surface area contributed by atoms with Gasteiger partial charge in [0.25, 0.3) is 11.6 Å². The number of rotatable bonds is 8. The van der Waals surface area contributed by atoms with Gasteiger partial charge < -0.3 is 19.2 Å². The lowest BCUT2D eigenvalue weighted by molar-refractivity contribution is -0.384. The summed E-state index contributed by atoms with van der Waals surface area (Å²) in [6.45, 7) is -0.197. The maximum atomic E-state index is 12.8. The Labute approximate surface area is 255 Å². The molecule has 0 atom stereocenters. The first kappa shape index (κ1) is 29.4. The van der Waals surface area contributed by atoms with Crippen molar-refractivity contribution in [1.29, 1.82) is 0 Å². The maximum absolute atomic E-state index is 12.8. The van der Waals surface area contributed by atoms with E-state index < -0.39 is 10.8 Å². The third-order valence-corrected chi connectivity index (χ3v) is 7.67. The zero-order chi connectivity index (χ0) is 28.4. The SMILES string of the molecule is O=C(Nc1cc(Oc2ccc(Cl)cc2Cl)cc([N+](=O)[O-])c1)c1ccc(COc2c(Cl)c(Cl)c(Cl)c(Cl)c2Cl)o1. The van der Waals surface area contributed by atoms with Gasteiger partial charge in [0, 0.05) is 17.2 Å². The number of furan rings is 1. The van der Waals surface area contributed by atoms with Crippen LogP contribution in [-0.4, -0.2) is 10.8 Å². The van der Waals surface area contributed by atoms with Crippen LogP contribution >= 0.6 is 81.2 Å². The molecule has 0 bridgehead atoms. The minimum Gasteiger partial charge on any atom is -0.482 e. The first-order valence-electron chi connectivity index (χ1n) is 10.4. The molecule has 1 heterocycles. The van der Waals surface area contributed by atoms with Crippen LogP contribution in [0.3, 0.4) is 0 Å². The van der Waals surface area contributed by atoms with Crippen molar-refractivity contribution in [2.24, 2.45) is 0 Å². The number of hydrogen-bond donors (Lipinski definition) is 1. The topological polar surface area (TPSA) is 104 Å². The van der Waals surface area contributed by atoms with Crippen LogP contribution in [0, 0.1) is 10.1 Å². The first-order valence-corrected chi connectivity index (χ1v) is 13.1. The number of anilines is 1. The van der Waals surface area contributed by atoms with E-state index in [2.05, 4.69) is 5.32 Å². The summed E-state index contributed by atoms with van der Waals surface area (Å²) in [7, 11) is 0. The van der Waals surface area contributed by atoms with Gasteiger partial charge in [-0.25, -0.2) is 0 Å². The molecule has 0 spiro atoms. The Morgan fingerprint density at radius 1 is 0.872 bits per heavy atom. The van der Waals surface area contributed by atoms with Crippen molar-refractivity contribution in [3.05, 3.63) is 105 Å². The van der Waals surface area contributed by atoms with Crippen molar-refractivity contribution in [3.63, 3.8) is 0 Å². The number of halogens is 7. The summed E-state index contributed by atoms with van der Waals surface area (Å²) in [6, 6.07) is 11.0. The molecule has 4 rings (SSSR count). The fraction of sp³-hybridized carbons (Fsp3) is 0.0417. The van der Waals surface area contributed by atoms with E-state index in [4.69, 9.17) is 95.1 Å². The quantitative estimate of drug-likeness (QED) is 0.0865. The highest BCUT2D eigenvalue weighted by Gasteiger charge is 2.22. The van der Waals surface area contributed by atoms with Crippen LogP contribution in [0.1, 0.15) is 16.3 Å². The summed E-state index contributed by atoms with van der Waals surface area (Å²) in [5.74, 6) is -0.372. The predicted octanol–water partition coefficient (Wildman–Crippen LogP) is 10.4. The zero-order valence-corrected chi connectivity index (χ0v) is 24.2. The molecule has 0 aliphatic rings. The highest BCUT2D eigenvalue weighted by molar-refractivity contribution is 6.55. The number of nitrogens with zero attached hydrogens (tertiary/aromatic N) is 1. The normalized spacial score (nSPS) is 10.8. The molecule has 1 amide bonds. The Morgan fingerprint density at radius 3 is 2.18 bits per heavy atom. The summed E-state index contributed by atoms with van der Waals surface area (Å²) in [6.07, 6.45) is 0. The highest BCUT2D eigenvalue weighted by atomic mass is 35.5. The molecule has 0 aliphatic carbocycles. The molecule has 0 radical (unpaired) electrons. The van der Waals surface area contributed by atoms with E-state index in [0.29, 0.717) is 5.02 Å². The molecule has 0 unspecified atom stereocenters. The van der Waals surface area contributed by atoms with E-state index in [1.165, 1.54) is 36.4 Å². The van der Waals surface area contributed by atoms with E-state index in [0.717, 1.165) is 6.07 Å². The molecular weight excluding hydrogens is 660 g/mol. The van der Waals surface area contributed by atoms with Crippen LogP contribution in [0.2, 0.25) is 35.2 Å². The third-order valence-electron chi connectivity index (χ3n) is 4.90. The van der Waals surface area contributed by atoms with Gasteiger partial charge in [0.2, 0.25) is 0 Å². The van der Waals surface area contributed by atoms with Gasteiger partial charge >= 0.3 is 0 Å². The van der Waals surface area contributed by atoms with Crippen LogP contribution in [0.4, 0.5) is 11.4 Å². The number of carbonyl (C=O) groups excluding carboxylic acids is 1. The monoisotopic (exact) mass is 668 g/mol. The number of nitro groups is 1. The number of hydrogen-bond acceptors (Lipinski definition) is 6. The van der Waals surface area contributed by atoms with E-state index in [-0.39, 0.29) is 76.9 Å². The highest BCUT2D eigenvalue weighted by Crippen LogP contribution is 2.48. The molecule has 4 aromatic rings. The Morgan fingerprint density at radius 2 is 1.54 bits per heavy atom. The Hall–Kier alpha value is -2.56. The van der Waals surface area contributed by atoms with Gasteiger partial charge in [-0.2, -0.15) is 0 Å². The average molecular weight is 672 g/mol. The van der Waals surface area contributed by atoms with Crippen molar-refractivity contribution < 1.29 is 23.6 Å². The molecule has 3 aromatic carbocycles. The van der Waals surface area contributed by atoms with E-state index in [1.807, 2.05) is 0 Å². The lowest BCUT2D eigenvalue weighted by atomic mass is 10.2. The van der Waals surface area contributed by atoms with E-state index in [9.17, 15) is 14.9 Å². The van der Waals surface area contributed by atoms with Crippen LogP contribution in [-0.2, 0) is 6.61 Å². The number of non-ortho nitro benzene ring substituents is 1. The van der Waals surface area contributed by atoms with Gasteiger partial charge in [-0.3, -0.25) is 14.9 Å². The molecule has 39 heavy (non-hydrogen) atoms. The zero-order valence-electron chi connectivity index (χ0n) is 18.9. The Kier molecular flexibility index (Phi) is 9.29. The number of amides is 1. The molecule has 8 nitrogen and oxygen atoms in total. The summed E-state index contributed by atoms with van der Waals surface area (Å²) in [5.41, 5.74) is -0.275. The van der Waals surface area contributed by atoms with Gasteiger partial charge in [-0.1, -0.05) is 81.2 Å². The fourth-order valence-corrected chi connectivity index (χ4v) is 4.81. The molecule has 0 aliphatic heterocycles. The number of ether oxygens (including phenoxy) is 2. The Bertz CT molecular complexity index is 1580. The second kappa shape index (κ2) is 12.3. The van der Waals surface area contributed by atoms with Crippen molar-refractivity contribution in [2.75, 3.05) is 5.32 Å². The van der Waals surface area contributed by atoms with Gasteiger partial charge in [0.15, 0.2) is 11.5 Å². The number of nitro benzene ring substituents is 1. The number of nitrogens with one attached hydrogen (secondary N) is 1. The summed E-state index contributed by atoms with van der Waals surface area (Å²) >= 11 is 42.4. The second-order valence-electron chi connectivity index (χ2n) is 7.56. The van der Waals surface area contributed by atoms with Gasteiger partial charge in [0.1, 0.15) is 33.9 Å². The van der Waals surface area contributed by atoms with Crippen LogP contribution in [0.15, 0.2) is 52.9 Å². The second-order valence-corrected chi connectivity index (χ2v) is 10.3. The lowest BCUT2D eigenvalue weighted by Gasteiger charge is -2.12. The molecule has 202 valence electrons. The summed E-state index contributed by atoms with van der Waals surface area (Å²) in [5, 5.41) is 14.3. The van der Waals surface area contributed by atoms with Crippen LogP contribution < -0.4 is 14.8 Å².